The maximum absolute atomic E-state index is 5.95. The second kappa shape index (κ2) is 8.71. The largest absolute Gasteiger partial charge is 0.496 e. The molecule has 1 aromatic carbocycles. The summed E-state index contributed by atoms with van der Waals surface area (Å²) in [6.07, 6.45) is 7.94. The van der Waals surface area contributed by atoms with E-state index in [1.54, 1.807) is 7.11 Å². The number of hydrogen-bond acceptors (Lipinski definition) is 2. The van der Waals surface area contributed by atoms with E-state index in [2.05, 4.69) is 78.8 Å². The van der Waals surface area contributed by atoms with Gasteiger partial charge in [0.1, 0.15) is 5.75 Å². The minimum atomic E-state index is -0.0498. The second-order valence-electron chi connectivity index (χ2n) is 8.43. The summed E-state index contributed by atoms with van der Waals surface area (Å²) in [4.78, 5) is 0. The number of unbranched alkanes of at least 4 members (excludes halogenated alkanes) is 1. The predicted molar refractivity (Wildman–Crippen MR) is 105 cm³/mol. The Morgan fingerprint density at radius 1 is 1.08 bits per heavy atom. The third kappa shape index (κ3) is 7.09. The summed E-state index contributed by atoms with van der Waals surface area (Å²) in [5, 5.41) is 0. The van der Waals surface area contributed by atoms with Gasteiger partial charge in [0.25, 0.3) is 0 Å². The summed E-state index contributed by atoms with van der Waals surface area (Å²) in [7, 11) is 1.73. The molecule has 0 saturated carbocycles. The van der Waals surface area contributed by atoms with Gasteiger partial charge in [-0.25, -0.2) is 0 Å². The highest BCUT2D eigenvalue weighted by Crippen LogP contribution is 2.29. The van der Waals surface area contributed by atoms with Crippen molar-refractivity contribution >= 4 is 6.08 Å². The summed E-state index contributed by atoms with van der Waals surface area (Å²) >= 11 is 0. The van der Waals surface area contributed by atoms with Gasteiger partial charge in [-0.3, -0.25) is 0 Å². The molecule has 136 valence electrons. The number of rotatable bonds is 8. The highest BCUT2D eigenvalue weighted by molar-refractivity contribution is 5.59. The lowest BCUT2D eigenvalue weighted by atomic mass is 9.86. The van der Waals surface area contributed by atoms with Crippen LogP contribution in [0.3, 0.4) is 0 Å². The fourth-order valence-corrected chi connectivity index (χ4v) is 2.88. The van der Waals surface area contributed by atoms with Crippen LogP contribution in [-0.2, 0) is 10.2 Å². The molecule has 0 bridgehead atoms. The van der Waals surface area contributed by atoms with Gasteiger partial charge in [0.15, 0.2) is 0 Å². The number of benzene rings is 1. The first-order chi connectivity index (χ1) is 11.0. The van der Waals surface area contributed by atoms with Crippen LogP contribution in [0.4, 0.5) is 0 Å². The van der Waals surface area contributed by atoms with Crippen molar-refractivity contribution in [2.24, 2.45) is 0 Å². The SMILES string of the molecule is COc1ccc(C(C)(C)C)cc1C=CCCCC(C)(C)OC(C)C. The quantitative estimate of drug-likeness (QED) is 0.514. The molecule has 1 rings (SSSR count). The van der Waals surface area contributed by atoms with Crippen LogP contribution >= 0.6 is 0 Å². The number of methoxy groups -OCH3 is 1. The Balaban J connectivity index is 2.67. The average molecular weight is 333 g/mol. The van der Waals surface area contributed by atoms with Gasteiger partial charge in [-0.2, -0.15) is 0 Å². The first-order valence-electron chi connectivity index (χ1n) is 9.08. The van der Waals surface area contributed by atoms with Crippen LogP contribution in [0.15, 0.2) is 24.3 Å². The molecule has 0 atom stereocenters. The molecule has 0 aliphatic carbocycles. The van der Waals surface area contributed by atoms with Gasteiger partial charge in [-0.1, -0.05) is 39.0 Å². The number of hydrogen-bond donors (Lipinski definition) is 0. The van der Waals surface area contributed by atoms with Crippen LogP contribution in [0.1, 0.15) is 78.9 Å². The van der Waals surface area contributed by atoms with Crippen molar-refractivity contribution < 1.29 is 9.47 Å². The van der Waals surface area contributed by atoms with Crippen molar-refractivity contribution in [3.8, 4) is 5.75 Å². The minimum absolute atomic E-state index is 0.0498. The van der Waals surface area contributed by atoms with E-state index in [1.807, 2.05) is 0 Å². The van der Waals surface area contributed by atoms with Crippen LogP contribution in [-0.4, -0.2) is 18.8 Å². The molecular formula is C22H36O2. The standard InChI is InChI=1S/C22H36O2/c1-17(2)24-22(6,7)15-11-9-10-12-18-16-19(21(3,4)5)13-14-20(18)23-8/h10,12-14,16-17H,9,11,15H2,1-8H3. The van der Waals surface area contributed by atoms with E-state index >= 15 is 0 Å². The molecule has 0 spiro atoms. The average Bonchev–Trinajstić information content (AvgIpc) is 2.44. The molecule has 0 unspecified atom stereocenters. The Bertz CT molecular complexity index is 533. The second-order valence-corrected chi connectivity index (χ2v) is 8.43. The van der Waals surface area contributed by atoms with Crippen molar-refractivity contribution in [2.75, 3.05) is 7.11 Å². The third-order valence-electron chi connectivity index (χ3n) is 4.10. The summed E-state index contributed by atoms with van der Waals surface area (Å²) in [5.74, 6) is 0.933. The van der Waals surface area contributed by atoms with Crippen molar-refractivity contribution in [1.29, 1.82) is 0 Å². The molecule has 0 saturated heterocycles. The molecule has 1 aromatic rings. The number of ether oxygens (including phenoxy) is 2. The highest BCUT2D eigenvalue weighted by atomic mass is 16.5. The zero-order valence-electron chi connectivity index (χ0n) is 16.9. The van der Waals surface area contributed by atoms with E-state index in [0.29, 0.717) is 0 Å². The molecule has 0 aromatic heterocycles. The lowest BCUT2D eigenvalue weighted by Crippen LogP contribution is -2.27. The first kappa shape index (κ1) is 20.8. The van der Waals surface area contributed by atoms with Crippen molar-refractivity contribution in [3.63, 3.8) is 0 Å². The third-order valence-corrected chi connectivity index (χ3v) is 4.10. The molecule has 0 heterocycles. The molecule has 0 aliphatic rings. The van der Waals surface area contributed by atoms with Gasteiger partial charge in [-0.15, -0.1) is 0 Å². The first-order valence-corrected chi connectivity index (χ1v) is 9.08. The van der Waals surface area contributed by atoms with Crippen LogP contribution in [0.2, 0.25) is 0 Å². The summed E-state index contributed by atoms with van der Waals surface area (Å²) in [6.45, 7) is 15.2. The smallest absolute Gasteiger partial charge is 0.126 e. The normalized spacial score (nSPS) is 13.0. The fourth-order valence-electron chi connectivity index (χ4n) is 2.88. The Morgan fingerprint density at radius 2 is 1.75 bits per heavy atom. The van der Waals surface area contributed by atoms with Crippen LogP contribution < -0.4 is 4.74 Å². The van der Waals surface area contributed by atoms with E-state index in [4.69, 9.17) is 9.47 Å². The Hall–Kier alpha value is -1.28. The van der Waals surface area contributed by atoms with E-state index in [1.165, 1.54) is 5.56 Å². The van der Waals surface area contributed by atoms with Crippen molar-refractivity contribution in [3.05, 3.63) is 35.4 Å². The minimum Gasteiger partial charge on any atom is -0.496 e. The van der Waals surface area contributed by atoms with Gasteiger partial charge in [-0.05, 0) is 70.1 Å². The van der Waals surface area contributed by atoms with Gasteiger partial charge < -0.3 is 9.47 Å². The van der Waals surface area contributed by atoms with Crippen LogP contribution in [0.25, 0.3) is 6.08 Å². The fraction of sp³-hybridized carbons (Fsp3) is 0.636. The molecule has 0 aliphatic heterocycles. The topological polar surface area (TPSA) is 18.5 Å². The molecular weight excluding hydrogens is 296 g/mol. The molecule has 2 nitrogen and oxygen atoms in total. The lowest BCUT2D eigenvalue weighted by molar-refractivity contribution is -0.0610. The van der Waals surface area contributed by atoms with Crippen LogP contribution in [0, 0.1) is 0 Å². The van der Waals surface area contributed by atoms with Crippen molar-refractivity contribution in [2.45, 2.75) is 84.8 Å². The van der Waals surface area contributed by atoms with Gasteiger partial charge in [0.05, 0.1) is 18.8 Å². The monoisotopic (exact) mass is 332 g/mol. The molecule has 0 N–H and O–H groups in total. The highest BCUT2D eigenvalue weighted by Gasteiger charge is 2.19. The Kier molecular flexibility index (Phi) is 7.54. The van der Waals surface area contributed by atoms with Crippen LogP contribution in [0.5, 0.6) is 5.75 Å². The van der Waals surface area contributed by atoms with Gasteiger partial charge >= 0.3 is 0 Å². The summed E-state index contributed by atoms with van der Waals surface area (Å²) < 4.78 is 11.4. The molecule has 0 amide bonds. The van der Waals surface area contributed by atoms with Gasteiger partial charge in [0.2, 0.25) is 0 Å². The van der Waals surface area contributed by atoms with Gasteiger partial charge in [0, 0.05) is 5.56 Å². The Labute approximate surface area is 149 Å². The predicted octanol–water partition coefficient (Wildman–Crippen LogP) is 6.38. The van der Waals surface area contributed by atoms with Crippen molar-refractivity contribution in [1.82, 2.24) is 0 Å². The maximum atomic E-state index is 5.95. The zero-order chi connectivity index (χ0) is 18.4. The van der Waals surface area contributed by atoms with E-state index < -0.39 is 0 Å². The summed E-state index contributed by atoms with van der Waals surface area (Å²) in [5.41, 5.74) is 2.58. The van der Waals surface area contributed by atoms with E-state index in [0.717, 1.165) is 30.6 Å². The molecule has 24 heavy (non-hydrogen) atoms. The zero-order valence-corrected chi connectivity index (χ0v) is 16.9. The maximum Gasteiger partial charge on any atom is 0.126 e. The lowest BCUT2D eigenvalue weighted by Gasteiger charge is -2.27. The molecule has 2 heteroatoms. The number of allylic oxidation sites excluding steroid dienone is 1. The van der Waals surface area contributed by atoms with E-state index in [-0.39, 0.29) is 17.1 Å². The van der Waals surface area contributed by atoms with E-state index in [9.17, 15) is 0 Å². The molecule has 0 fully saturated rings. The Morgan fingerprint density at radius 3 is 2.29 bits per heavy atom. The summed E-state index contributed by atoms with van der Waals surface area (Å²) in [6, 6.07) is 6.46. The molecule has 0 radical (unpaired) electrons.